The molecule has 0 aliphatic heterocycles. The first-order chi connectivity index (χ1) is 9.27. The van der Waals surface area contributed by atoms with E-state index in [0.29, 0.717) is 11.1 Å². The van der Waals surface area contributed by atoms with E-state index in [-0.39, 0.29) is 17.4 Å². The molecule has 2 rings (SSSR count). The average molecular weight is 303 g/mol. The van der Waals surface area contributed by atoms with E-state index in [1.54, 1.807) is 0 Å². The van der Waals surface area contributed by atoms with Crippen molar-refractivity contribution in [1.29, 1.82) is 0 Å². The van der Waals surface area contributed by atoms with Crippen molar-refractivity contribution in [2.75, 3.05) is 0 Å². The zero-order valence-corrected chi connectivity index (χ0v) is 11.2. The molecule has 0 radical (unpaired) electrons. The van der Waals surface area contributed by atoms with Gasteiger partial charge < -0.3 is 0 Å². The van der Waals surface area contributed by atoms with Crippen LogP contribution in [0.2, 0.25) is 5.02 Å². The number of halogens is 4. The summed E-state index contributed by atoms with van der Waals surface area (Å²) in [5.74, 6) is -0.0910. The summed E-state index contributed by atoms with van der Waals surface area (Å²) in [4.78, 5) is 11.0. The molecule has 0 amide bonds. The van der Waals surface area contributed by atoms with Crippen LogP contribution >= 0.6 is 11.6 Å². The molecule has 20 heavy (non-hydrogen) atoms. The number of ketones is 1. The van der Waals surface area contributed by atoms with Gasteiger partial charge in [0.05, 0.1) is 23.3 Å². The molecule has 0 aliphatic carbocycles. The van der Waals surface area contributed by atoms with Crippen LogP contribution in [0.5, 0.6) is 0 Å². The van der Waals surface area contributed by atoms with Gasteiger partial charge in [-0.25, -0.2) is 0 Å². The molecular formula is C13H10ClF3N2O. The Hall–Kier alpha value is -1.82. The molecular weight excluding hydrogens is 293 g/mol. The van der Waals surface area contributed by atoms with E-state index >= 15 is 0 Å². The maximum Gasteiger partial charge on any atom is 0.417 e. The predicted molar refractivity (Wildman–Crippen MR) is 68.4 cm³/mol. The highest BCUT2D eigenvalue weighted by molar-refractivity contribution is 6.31. The average Bonchev–Trinajstić information content (AvgIpc) is 2.75. The minimum Gasteiger partial charge on any atom is -0.298 e. The largest absolute Gasteiger partial charge is 0.417 e. The van der Waals surface area contributed by atoms with Crippen molar-refractivity contribution in [2.45, 2.75) is 19.6 Å². The summed E-state index contributed by atoms with van der Waals surface area (Å²) < 4.78 is 39.7. The molecule has 2 aromatic rings. The standard InChI is InChI=1S/C13H10ClF3N2O/c1-8(20)6-19-7-10(5-18-19)9-2-3-12(14)11(4-9)13(15,16)17/h2-5,7H,6H2,1H3. The van der Waals surface area contributed by atoms with Crippen LogP contribution in [0.1, 0.15) is 12.5 Å². The fourth-order valence-corrected chi connectivity index (χ4v) is 1.97. The van der Waals surface area contributed by atoms with E-state index in [1.807, 2.05) is 0 Å². The van der Waals surface area contributed by atoms with Crippen LogP contribution in [0.15, 0.2) is 30.6 Å². The smallest absolute Gasteiger partial charge is 0.298 e. The Kier molecular flexibility index (Phi) is 3.85. The maximum absolute atomic E-state index is 12.8. The van der Waals surface area contributed by atoms with Crippen molar-refractivity contribution in [1.82, 2.24) is 9.78 Å². The van der Waals surface area contributed by atoms with Gasteiger partial charge in [0.15, 0.2) is 5.78 Å². The number of nitrogens with zero attached hydrogens (tertiary/aromatic N) is 2. The topological polar surface area (TPSA) is 34.9 Å². The van der Waals surface area contributed by atoms with Gasteiger partial charge in [-0.2, -0.15) is 18.3 Å². The number of benzene rings is 1. The lowest BCUT2D eigenvalue weighted by atomic mass is 10.1. The fraction of sp³-hybridized carbons (Fsp3) is 0.231. The second kappa shape index (κ2) is 5.28. The molecule has 0 N–H and O–H groups in total. The molecule has 7 heteroatoms. The number of hydrogen-bond donors (Lipinski definition) is 0. The zero-order valence-electron chi connectivity index (χ0n) is 10.4. The van der Waals surface area contributed by atoms with Crippen LogP contribution in [0.4, 0.5) is 13.2 Å². The lowest BCUT2D eigenvalue weighted by Gasteiger charge is -2.10. The first-order valence-electron chi connectivity index (χ1n) is 5.66. The SMILES string of the molecule is CC(=O)Cn1cc(-c2ccc(Cl)c(C(F)(F)F)c2)cn1. The van der Waals surface area contributed by atoms with E-state index in [9.17, 15) is 18.0 Å². The minimum absolute atomic E-state index is 0.0831. The van der Waals surface area contributed by atoms with Crippen LogP contribution in [0, 0.1) is 0 Å². The Morgan fingerprint density at radius 1 is 1.35 bits per heavy atom. The molecule has 0 bridgehead atoms. The van der Waals surface area contributed by atoms with Gasteiger partial charge in [0.25, 0.3) is 0 Å². The van der Waals surface area contributed by atoms with Crippen molar-refractivity contribution in [3.8, 4) is 11.1 Å². The van der Waals surface area contributed by atoms with Gasteiger partial charge in [0, 0.05) is 11.8 Å². The van der Waals surface area contributed by atoms with E-state index in [1.165, 1.54) is 36.1 Å². The summed E-state index contributed by atoms with van der Waals surface area (Å²) in [6, 6.07) is 3.65. The monoisotopic (exact) mass is 302 g/mol. The Bertz CT molecular complexity index is 649. The lowest BCUT2D eigenvalue weighted by molar-refractivity contribution is -0.137. The van der Waals surface area contributed by atoms with Gasteiger partial charge in [-0.05, 0) is 24.6 Å². The molecule has 1 aromatic carbocycles. The third-order valence-electron chi connectivity index (χ3n) is 2.62. The summed E-state index contributed by atoms with van der Waals surface area (Å²) in [6.07, 6.45) is -1.58. The highest BCUT2D eigenvalue weighted by atomic mass is 35.5. The number of hydrogen-bond acceptors (Lipinski definition) is 2. The first kappa shape index (κ1) is 14.6. The number of alkyl halides is 3. The molecule has 106 valence electrons. The van der Waals surface area contributed by atoms with Crippen molar-refractivity contribution in [2.24, 2.45) is 0 Å². The van der Waals surface area contributed by atoms with Gasteiger partial charge in [0.2, 0.25) is 0 Å². The Morgan fingerprint density at radius 2 is 2.05 bits per heavy atom. The molecule has 1 aromatic heterocycles. The third-order valence-corrected chi connectivity index (χ3v) is 2.95. The normalized spacial score (nSPS) is 11.7. The molecule has 0 saturated carbocycles. The molecule has 0 spiro atoms. The minimum atomic E-state index is -4.51. The van der Waals surface area contributed by atoms with Crippen LogP contribution < -0.4 is 0 Å². The van der Waals surface area contributed by atoms with Crippen LogP contribution in [0.3, 0.4) is 0 Å². The van der Waals surface area contributed by atoms with Gasteiger partial charge in [0.1, 0.15) is 0 Å². The second-order valence-corrected chi connectivity index (χ2v) is 4.73. The van der Waals surface area contributed by atoms with Gasteiger partial charge >= 0.3 is 6.18 Å². The number of rotatable bonds is 3. The predicted octanol–water partition coefficient (Wildman–Crippen LogP) is 3.81. The lowest BCUT2D eigenvalue weighted by Crippen LogP contribution is -2.06. The van der Waals surface area contributed by atoms with E-state index in [4.69, 9.17) is 11.6 Å². The van der Waals surface area contributed by atoms with Gasteiger partial charge in [-0.1, -0.05) is 17.7 Å². The zero-order chi connectivity index (χ0) is 14.9. The molecule has 0 unspecified atom stereocenters. The highest BCUT2D eigenvalue weighted by Crippen LogP contribution is 2.37. The fourth-order valence-electron chi connectivity index (χ4n) is 1.75. The Labute approximate surface area is 118 Å². The van der Waals surface area contributed by atoms with Crippen LogP contribution in [-0.4, -0.2) is 15.6 Å². The molecule has 3 nitrogen and oxygen atoms in total. The summed E-state index contributed by atoms with van der Waals surface area (Å²) in [7, 11) is 0. The summed E-state index contributed by atoms with van der Waals surface area (Å²) in [6.45, 7) is 1.49. The van der Waals surface area contributed by atoms with E-state index < -0.39 is 11.7 Å². The van der Waals surface area contributed by atoms with Crippen LogP contribution in [-0.2, 0) is 17.5 Å². The molecule has 0 fully saturated rings. The number of carbonyl (C=O) groups is 1. The van der Waals surface area contributed by atoms with Crippen LogP contribution in [0.25, 0.3) is 11.1 Å². The van der Waals surface area contributed by atoms with Crippen molar-refractivity contribution in [3.63, 3.8) is 0 Å². The Balaban J connectivity index is 2.38. The number of carbonyl (C=O) groups excluding carboxylic acids is 1. The van der Waals surface area contributed by atoms with Gasteiger partial charge in [-0.15, -0.1) is 0 Å². The number of aromatic nitrogens is 2. The second-order valence-electron chi connectivity index (χ2n) is 4.32. The van der Waals surface area contributed by atoms with Crippen molar-refractivity contribution < 1.29 is 18.0 Å². The quantitative estimate of drug-likeness (QED) is 0.864. The molecule has 0 atom stereocenters. The molecule has 0 saturated heterocycles. The maximum atomic E-state index is 12.8. The summed E-state index contributed by atoms with van der Waals surface area (Å²) >= 11 is 5.56. The van der Waals surface area contributed by atoms with E-state index in [0.717, 1.165) is 6.07 Å². The highest BCUT2D eigenvalue weighted by Gasteiger charge is 2.33. The Morgan fingerprint density at radius 3 is 2.65 bits per heavy atom. The van der Waals surface area contributed by atoms with E-state index in [2.05, 4.69) is 5.10 Å². The third kappa shape index (κ3) is 3.19. The molecule has 0 aliphatic rings. The molecule has 1 heterocycles. The van der Waals surface area contributed by atoms with Gasteiger partial charge in [-0.3, -0.25) is 9.48 Å². The number of Topliss-reactive ketones (excluding diaryl/α,β-unsaturated/α-hetero) is 1. The first-order valence-corrected chi connectivity index (χ1v) is 6.04. The summed E-state index contributed by atoms with van der Waals surface area (Å²) in [5, 5.41) is 3.58. The van der Waals surface area contributed by atoms with Crippen molar-refractivity contribution >= 4 is 17.4 Å². The summed E-state index contributed by atoms with van der Waals surface area (Å²) in [5.41, 5.74) is -0.0547. The van der Waals surface area contributed by atoms with Crippen molar-refractivity contribution in [3.05, 3.63) is 41.2 Å².